The zero-order valence-corrected chi connectivity index (χ0v) is 22.2. The molecule has 2 aliphatic rings. The molecule has 3 nitrogen and oxygen atoms in total. The standard InChI is InChI=1S/C15H21ClN2OS.C4H2ClS.BrH.Mg/c1-18(2)15(12-3-4-13(16)20-12)7-5-14(6-8-15)10-17-9-11(14)19;5-4-2-1-3-6-4;;/h3-4,17H,5-10H2,1-2H3;1-2H;1H;/q;-1;;+2/p-1. The van der Waals surface area contributed by atoms with E-state index in [0.29, 0.717) is 12.3 Å². The van der Waals surface area contributed by atoms with Crippen molar-refractivity contribution < 1.29 is 21.8 Å². The minimum absolute atomic E-state index is 0. The number of nitrogens with zero attached hydrogens (tertiary/aromatic N) is 1. The van der Waals surface area contributed by atoms with E-state index in [1.54, 1.807) is 17.4 Å². The third-order valence-electron chi connectivity index (χ3n) is 5.70. The third-order valence-corrected chi connectivity index (χ3v) is 8.07. The number of hydrogen-bond donors (Lipinski definition) is 1. The fourth-order valence-corrected chi connectivity index (χ4v) is 5.95. The maximum atomic E-state index is 12.2. The summed E-state index contributed by atoms with van der Waals surface area (Å²) in [5.74, 6) is 0.411. The van der Waals surface area contributed by atoms with Gasteiger partial charge < -0.3 is 22.3 Å². The van der Waals surface area contributed by atoms with Crippen molar-refractivity contribution in [2.75, 3.05) is 27.2 Å². The summed E-state index contributed by atoms with van der Waals surface area (Å²) in [5, 5.41) is 6.09. The van der Waals surface area contributed by atoms with Gasteiger partial charge in [0.1, 0.15) is 0 Å². The van der Waals surface area contributed by atoms with Crippen LogP contribution in [0.25, 0.3) is 0 Å². The van der Waals surface area contributed by atoms with Gasteiger partial charge in [0, 0.05) is 16.8 Å². The second-order valence-corrected chi connectivity index (χ2v) is 10.4. The smallest absolute Gasteiger partial charge is 1.00 e. The second kappa shape index (κ2) is 11.4. The van der Waals surface area contributed by atoms with Crippen LogP contribution in [0, 0.1) is 10.8 Å². The van der Waals surface area contributed by atoms with Crippen molar-refractivity contribution in [2.24, 2.45) is 5.41 Å². The van der Waals surface area contributed by atoms with Gasteiger partial charge in [0.15, 0.2) is 5.78 Å². The van der Waals surface area contributed by atoms with Gasteiger partial charge in [-0.2, -0.15) is 23.7 Å². The van der Waals surface area contributed by atoms with E-state index in [1.165, 1.54) is 16.2 Å². The van der Waals surface area contributed by atoms with Crippen LogP contribution in [0.15, 0.2) is 24.3 Å². The zero-order valence-electron chi connectivity index (χ0n) is 16.1. The summed E-state index contributed by atoms with van der Waals surface area (Å²) in [6.07, 6.45) is 4.02. The van der Waals surface area contributed by atoms with Crippen LogP contribution < -0.4 is 22.3 Å². The Balaban J connectivity index is 0.000000423. The normalized spacial score (nSPS) is 26.4. The molecule has 0 atom stereocenters. The number of thiophene rings is 2. The zero-order chi connectivity index (χ0) is 18.8. The van der Waals surface area contributed by atoms with Crippen LogP contribution in [0.2, 0.25) is 8.67 Å². The van der Waals surface area contributed by atoms with Gasteiger partial charge in [0.2, 0.25) is 0 Å². The number of halogens is 3. The average Bonchev–Trinajstić information content (AvgIpc) is 3.34. The number of rotatable bonds is 2. The Hall–Kier alpha value is 0.816. The van der Waals surface area contributed by atoms with Crippen LogP contribution in [-0.4, -0.2) is 60.9 Å². The first kappa shape index (κ1) is 26.9. The molecule has 1 aliphatic heterocycles. The number of nitrogens with one attached hydrogen (secondary N) is 1. The first-order valence-corrected chi connectivity index (χ1v) is 11.1. The van der Waals surface area contributed by atoms with E-state index in [2.05, 4.69) is 35.8 Å². The van der Waals surface area contributed by atoms with E-state index in [4.69, 9.17) is 23.2 Å². The molecular weight excluding hydrogens is 511 g/mol. The van der Waals surface area contributed by atoms with Gasteiger partial charge in [-0.15, -0.1) is 16.7 Å². The quantitative estimate of drug-likeness (QED) is 0.471. The molecule has 2 aromatic heterocycles. The van der Waals surface area contributed by atoms with E-state index in [0.717, 1.165) is 40.9 Å². The van der Waals surface area contributed by atoms with Crippen molar-refractivity contribution in [1.29, 1.82) is 0 Å². The van der Waals surface area contributed by atoms with Crippen LogP contribution in [0.1, 0.15) is 30.6 Å². The summed E-state index contributed by atoms with van der Waals surface area (Å²) < 4.78 is 1.65. The van der Waals surface area contributed by atoms with Crippen molar-refractivity contribution >= 4 is 74.7 Å². The molecular formula is C19H23BrCl2MgN2OS2. The van der Waals surface area contributed by atoms with Gasteiger partial charge in [-0.05, 0) is 51.9 Å². The summed E-state index contributed by atoms with van der Waals surface area (Å²) in [6, 6.07) is 7.75. The molecule has 1 aliphatic carbocycles. The van der Waals surface area contributed by atoms with E-state index in [1.807, 2.05) is 12.1 Å². The largest absolute Gasteiger partial charge is 2.00 e. The Kier molecular flexibility index (Phi) is 11.0. The van der Waals surface area contributed by atoms with E-state index in [-0.39, 0.29) is 51.0 Å². The minimum atomic E-state index is -0.0967. The molecule has 150 valence electrons. The third kappa shape index (κ3) is 5.74. The fourth-order valence-electron chi connectivity index (χ4n) is 4.00. The summed E-state index contributed by atoms with van der Waals surface area (Å²) >= 11 is 14.7. The molecule has 2 aromatic rings. The summed E-state index contributed by atoms with van der Waals surface area (Å²) in [5.41, 5.74) is -0.0491. The molecule has 0 bridgehead atoms. The van der Waals surface area contributed by atoms with Crippen molar-refractivity contribution in [1.82, 2.24) is 10.2 Å². The minimum Gasteiger partial charge on any atom is -1.00 e. The monoisotopic (exact) mass is 532 g/mol. The predicted octanol–water partition coefficient (Wildman–Crippen LogP) is 1.72. The average molecular weight is 535 g/mol. The summed E-state index contributed by atoms with van der Waals surface area (Å²) in [4.78, 5) is 15.8. The number of ketones is 1. The Labute approximate surface area is 212 Å². The molecule has 3 heterocycles. The number of Topliss-reactive ketones (excluding diaryl/α,β-unsaturated/α-hetero) is 1. The number of hydrogen-bond acceptors (Lipinski definition) is 5. The molecule has 1 saturated heterocycles. The van der Waals surface area contributed by atoms with Gasteiger partial charge >= 0.3 is 23.1 Å². The van der Waals surface area contributed by atoms with Crippen LogP contribution in [0.5, 0.6) is 0 Å². The molecule has 4 rings (SSSR count). The van der Waals surface area contributed by atoms with E-state index in [9.17, 15) is 4.79 Å². The molecule has 0 radical (unpaired) electrons. The SMILES string of the molecule is CN(C)C1(c2ccc(Cl)s2)CCC2(CC1)CNCC2=O.Clc1cc[c-]s1.[Br-].[Mg+2]. The van der Waals surface area contributed by atoms with Crippen molar-refractivity contribution in [3.8, 4) is 0 Å². The van der Waals surface area contributed by atoms with Crippen LogP contribution in [-0.2, 0) is 10.3 Å². The van der Waals surface area contributed by atoms with Gasteiger partial charge in [0.05, 0.1) is 16.4 Å². The predicted molar refractivity (Wildman–Crippen MR) is 117 cm³/mol. The maximum absolute atomic E-state index is 12.2. The van der Waals surface area contributed by atoms with Crippen LogP contribution in [0.3, 0.4) is 0 Å². The molecule has 0 amide bonds. The number of carbonyl (C=O) groups excluding carboxylic acids is 1. The molecule has 1 saturated carbocycles. The first-order chi connectivity index (χ1) is 12.4. The van der Waals surface area contributed by atoms with Crippen LogP contribution in [0.4, 0.5) is 0 Å². The first-order valence-electron chi connectivity index (χ1n) is 8.67. The summed E-state index contributed by atoms with van der Waals surface area (Å²) in [6.45, 7) is 1.42. The Morgan fingerprint density at radius 1 is 1.11 bits per heavy atom. The number of carbonyl (C=O) groups is 1. The summed E-state index contributed by atoms with van der Waals surface area (Å²) in [7, 11) is 4.28. The van der Waals surface area contributed by atoms with Crippen molar-refractivity contribution in [3.63, 3.8) is 0 Å². The van der Waals surface area contributed by atoms with Gasteiger partial charge in [-0.3, -0.25) is 21.0 Å². The van der Waals surface area contributed by atoms with Gasteiger partial charge in [0.25, 0.3) is 0 Å². The molecule has 9 heteroatoms. The van der Waals surface area contributed by atoms with E-state index >= 15 is 0 Å². The topological polar surface area (TPSA) is 32.3 Å². The second-order valence-electron chi connectivity index (χ2n) is 7.19. The Morgan fingerprint density at radius 2 is 1.79 bits per heavy atom. The maximum Gasteiger partial charge on any atom is 2.00 e. The van der Waals surface area contributed by atoms with Crippen molar-refractivity contribution in [3.05, 3.63) is 43.2 Å². The fraction of sp³-hybridized carbons (Fsp3) is 0.526. The van der Waals surface area contributed by atoms with Gasteiger partial charge in [-0.25, -0.2) is 0 Å². The molecule has 28 heavy (non-hydrogen) atoms. The Bertz CT molecular complexity index is 747. The van der Waals surface area contributed by atoms with E-state index < -0.39 is 0 Å². The van der Waals surface area contributed by atoms with Crippen molar-refractivity contribution in [2.45, 2.75) is 31.2 Å². The molecule has 1 N–H and O–H groups in total. The Morgan fingerprint density at radius 3 is 2.14 bits per heavy atom. The van der Waals surface area contributed by atoms with Gasteiger partial charge in [-0.1, -0.05) is 15.9 Å². The van der Waals surface area contributed by atoms with Crippen LogP contribution >= 0.6 is 45.9 Å². The molecule has 0 aromatic carbocycles. The molecule has 1 spiro atoms. The molecule has 0 unspecified atom stereocenters. The molecule has 2 fully saturated rings.